The number of hydrogen-bond donors (Lipinski definition) is 2. The van der Waals surface area contributed by atoms with Crippen LogP contribution in [0.2, 0.25) is 0 Å². The number of aromatic amines is 1. The predicted octanol–water partition coefficient (Wildman–Crippen LogP) is 1.96. The maximum absolute atomic E-state index is 12.3. The molecule has 0 aliphatic heterocycles. The van der Waals surface area contributed by atoms with Crippen LogP contribution in [0.25, 0.3) is 0 Å². The Bertz CT molecular complexity index is 695. The standard InChI is InChI=1S/C14H19N3O3S/c1-3-13-15-10-14(16-13)21(18,19)17-12-7-5-4-6-11(12)8-9-20-2/h4-7,10,17H,3,8-9H2,1-2H3,(H,15,16). The predicted molar refractivity (Wildman–Crippen MR) is 80.8 cm³/mol. The Morgan fingerprint density at radius 2 is 2.10 bits per heavy atom. The monoisotopic (exact) mass is 309 g/mol. The van der Waals surface area contributed by atoms with Gasteiger partial charge in [-0.3, -0.25) is 4.72 Å². The van der Waals surface area contributed by atoms with Crippen LogP contribution in [0.5, 0.6) is 0 Å². The van der Waals surface area contributed by atoms with E-state index in [4.69, 9.17) is 4.74 Å². The third-order valence-corrected chi connectivity index (χ3v) is 4.34. The van der Waals surface area contributed by atoms with E-state index in [2.05, 4.69) is 14.7 Å². The van der Waals surface area contributed by atoms with Crippen LogP contribution in [0.4, 0.5) is 5.69 Å². The Balaban J connectivity index is 2.24. The van der Waals surface area contributed by atoms with Crippen LogP contribution in [0.3, 0.4) is 0 Å². The Kier molecular flexibility index (Phi) is 4.98. The van der Waals surface area contributed by atoms with Gasteiger partial charge in [0, 0.05) is 13.5 Å². The fourth-order valence-electron chi connectivity index (χ4n) is 1.91. The van der Waals surface area contributed by atoms with Gasteiger partial charge >= 0.3 is 0 Å². The van der Waals surface area contributed by atoms with E-state index in [1.807, 2.05) is 19.1 Å². The Morgan fingerprint density at radius 1 is 1.33 bits per heavy atom. The molecule has 1 aromatic heterocycles. The van der Waals surface area contributed by atoms with Crippen molar-refractivity contribution in [3.63, 3.8) is 0 Å². The van der Waals surface area contributed by atoms with Gasteiger partial charge < -0.3 is 9.72 Å². The van der Waals surface area contributed by atoms with Crippen molar-refractivity contribution < 1.29 is 13.2 Å². The molecule has 2 N–H and O–H groups in total. The molecule has 2 aromatic rings. The van der Waals surface area contributed by atoms with Crippen molar-refractivity contribution >= 4 is 15.7 Å². The summed E-state index contributed by atoms with van der Waals surface area (Å²) in [6.07, 6.45) is 2.62. The summed E-state index contributed by atoms with van der Waals surface area (Å²) in [5.41, 5.74) is 1.44. The lowest BCUT2D eigenvalue weighted by atomic mass is 10.1. The van der Waals surface area contributed by atoms with E-state index in [1.165, 1.54) is 6.20 Å². The molecule has 0 amide bonds. The van der Waals surface area contributed by atoms with Crippen LogP contribution in [-0.4, -0.2) is 32.1 Å². The highest BCUT2D eigenvalue weighted by Gasteiger charge is 2.18. The lowest BCUT2D eigenvalue weighted by Crippen LogP contribution is -2.15. The van der Waals surface area contributed by atoms with E-state index < -0.39 is 10.0 Å². The van der Waals surface area contributed by atoms with Gasteiger partial charge in [0.2, 0.25) is 0 Å². The Morgan fingerprint density at radius 3 is 2.76 bits per heavy atom. The van der Waals surface area contributed by atoms with E-state index in [9.17, 15) is 8.42 Å². The highest BCUT2D eigenvalue weighted by Crippen LogP contribution is 2.20. The van der Waals surface area contributed by atoms with Crippen molar-refractivity contribution in [2.75, 3.05) is 18.4 Å². The van der Waals surface area contributed by atoms with E-state index in [0.29, 0.717) is 31.0 Å². The maximum Gasteiger partial charge on any atom is 0.278 e. The number of anilines is 1. The number of nitrogens with one attached hydrogen (secondary N) is 2. The highest BCUT2D eigenvalue weighted by atomic mass is 32.2. The lowest BCUT2D eigenvalue weighted by molar-refractivity contribution is 0.202. The van der Waals surface area contributed by atoms with Crippen LogP contribution in [0.1, 0.15) is 18.3 Å². The molecular weight excluding hydrogens is 290 g/mol. The molecule has 0 spiro atoms. The third kappa shape index (κ3) is 3.83. The number of aromatic nitrogens is 2. The lowest BCUT2D eigenvalue weighted by Gasteiger charge is -2.11. The van der Waals surface area contributed by atoms with Crippen LogP contribution < -0.4 is 4.72 Å². The summed E-state index contributed by atoms with van der Waals surface area (Å²) in [6.45, 7) is 2.44. The van der Waals surface area contributed by atoms with Gasteiger partial charge in [0.1, 0.15) is 5.82 Å². The van der Waals surface area contributed by atoms with E-state index in [-0.39, 0.29) is 5.03 Å². The van der Waals surface area contributed by atoms with E-state index >= 15 is 0 Å². The number of hydrogen-bond acceptors (Lipinski definition) is 4. The SMILES string of the molecule is CCc1ncc(S(=O)(=O)Nc2ccccc2CCOC)[nH]1. The molecule has 7 heteroatoms. The number of nitrogens with zero attached hydrogens (tertiary/aromatic N) is 1. The number of methoxy groups -OCH3 is 1. The second-order valence-electron chi connectivity index (χ2n) is 4.55. The molecule has 114 valence electrons. The van der Waals surface area contributed by atoms with Crippen LogP contribution >= 0.6 is 0 Å². The molecule has 21 heavy (non-hydrogen) atoms. The van der Waals surface area contributed by atoms with Gasteiger partial charge in [-0.15, -0.1) is 0 Å². The van der Waals surface area contributed by atoms with Crippen molar-refractivity contribution in [1.29, 1.82) is 0 Å². The van der Waals surface area contributed by atoms with Crippen molar-refractivity contribution in [3.05, 3.63) is 41.9 Å². The van der Waals surface area contributed by atoms with Gasteiger partial charge in [-0.05, 0) is 18.1 Å². The number of aryl methyl sites for hydroxylation is 1. The summed E-state index contributed by atoms with van der Waals surface area (Å²) in [6, 6.07) is 7.27. The smallest absolute Gasteiger partial charge is 0.278 e. The number of para-hydroxylation sites is 1. The minimum Gasteiger partial charge on any atom is -0.384 e. The number of sulfonamides is 1. The van der Waals surface area contributed by atoms with E-state index in [0.717, 1.165) is 5.56 Å². The zero-order valence-corrected chi connectivity index (χ0v) is 12.9. The molecule has 0 unspecified atom stereocenters. The second kappa shape index (κ2) is 6.73. The van der Waals surface area contributed by atoms with Crippen LogP contribution in [-0.2, 0) is 27.6 Å². The molecule has 0 radical (unpaired) electrons. The summed E-state index contributed by atoms with van der Waals surface area (Å²) >= 11 is 0. The number of rotatable bonds is 7. The molecule has 6 nitrogen and oxygen atoms in total. The van der Waals surface area contributed by atoms with Gasteiger partial charge in [-0.25, -0.2) is 4.98 Å². The number of imidazole rings is 1. The molecule has 1 aromatic carbocycles. The molecule has 0 fully saturated rings. The molecular formula is C14H19N3O3S. The normalized spacial score (nSPS) is 11.5. The van der Waals surface area contributed by atoms with E-state index in [1.54, 1.807) is 19.2 Å². The molecule has 1 heterocycles. The van der Waals surface area contributed by atoms with Crippen molar-refractivity contribution in [2.24, 2.45) is 0 Å². The minimum absolute atomic E-state index is 0.0703. The fourth-order valence-corrected chi connectivity index (χ4v) is 2.95. The van der Waals surface area contributed by atoms with Crippen LogP contribution in [0, 0.1) is 0 Å². The van der Waals surface area contributed by atoms with Crippen molar-refractivity contribution in [3.8, 4) is 0 Å². The van der Waals surface area contributed by atoms with Crippen molar-refractivity contribution in [2.45, 2.75) is 24.8 Å². The molecule has 2 rings (SSSR count). The summed E-state index contributed by atoms with van der Waals surface area (Å²) in [5, 5.41) is 0.0703. The number of benzene rings is 1. The quantitative estimate of drug-likeness (QED) is 0.819. The second-order valence-corrected chi connectivity index (χ2v) is 6.20. The summed E-state index contributed by atoms with van der Waals surface area (Å²) < 4.78 is 32.3. The van der Waals surface area contributed by atoms with Gasteiger partial charge in [-0.2, -0.15) is 8.42 Å². The topological polar surface area (TPSA) is 84.1 Å². The molecule has 0 aliphatic rings. The van der Waals surface area contributed by atoms with Gasteiger partial charge in [0.15, 0.2) is 5.03 Å². The molecule has 0 saturated carbocycles. The maximum atomic E-state index is 12.3. The molecule has 0 bridgehead atoms. The first-order chi connectivity index (χ1) is 10.1. The summed E-state index contributed by atoms with van der Waals surface area (Å²) in [7, 11) is -2.04. The fraction of sp³-hybridized carbons (Fsp3) is 0.357. The van der Waals surface area contributed by atoms with Gasteiger partial charge in [0.05, 0.1) is 18.5 Å². The molecule has 0 aliphatic carbocycles. The van der Waals surface area contributed by atoms with Gasteiger partial charge in [-0.1, -0.05) is 25.1 Å². The Hall–Kier alpha value is -1.86. The highest BCUT2D eigenvalue weighted by molar-refractivity contribution is 7.92. The van der Waals surface area contributed by atoms with Crippen molar-refractivity contribution in [1.82, 2.24) is 9.97 Å². The van der Waals surface area contributed by atoms with Crippen LogP contribution in [0.15, 0.2) is 35.5 Å². The first kappa shape index (κ1) is 15.5. The number of H-pyrrole nitrogens is 1. The third-order valence-electron chi connectivity index (χ3n) is 3.07. The average Bonchev–Trinajstić information content (AvgIpc) is 2.96. The first-order valence-corrected chi connectivity index (χ1v) is 8.18. The first-order valence-electron chi connectivity index (χ1n) is 6.70. The molecule has 0 saturated heterocycles. The minimum atomic E-state index is -3.66. The van der Waals surface area contributed by atoms with Gasteiger partial charge in [0.25, 0.3) is 10.0 Å². The number of ether oxygens (including phenoxy) is 1. The Labute approximate surface area is 124 Å². The zero-order valence-electron chi connectivity index (χ0n) is 12.1. The summed E-state index contributed by atoms with van der Waals surface area (Å²) in [5.74, 6) is 0.642. The average molecular weight is 309 g/mol. The largest absolute Gasteiger partial charge is 0.384 e. The summed E-state index contributed by atoms with van der Waals surface area (Å²) in [4.78, 5) is 6.82. The zero-order chi connectivity index (χ0) is 15.3. The molecule has 0 atom stereocenters.